The van der Waals surface area contributed by atoms with Crippen LogP contribution in [0.2, 0.25) is 15.1 Å². The molecule has 2 aromatic carbocycles. The number of aryl methyl sites for hydroxylation is 1. The zero-order valence-corrected chi connectivity index (χ0v) is 19.4. The number of amides is 2. The van der Waals surface area contributed by atoms with Crippen LogP contribution in [0.15, 0.2) is 30.3 Å². The number of nitrogens with zero attached hydrogens (tertiary/aromatic N) is 1. The second-order valence-electron chi connectivity index (χ2n) is 9.23. The van der Waals surface area contributed by atoms with Crippen LogP contribution in [0.25, 0.3) is 0 Å². The SMILES string of the molecule is CC1(c2cc(Cl)c(Cl)c(Cl)c2)CC(=O)N(c2ccc3c(c2)CCC3NC(=O)C2CC2)C1. The highest BCUT2D eigenvalue weighted by Gasteiger charge is 2.42. The summed E-state index contributed by atoms with van der Waals surface area (Å²) in [7, 11) is 0. The van der Waals surface area contributed by atoms with Crippen molar-refractivity contribution in [2.24, 2.45) is 5.92 Å². The molecule has 2 amide bonds. The Morgan fingerprint density at radius 2 is 1.81 bits per heavy atom. The molecule has 31 heavy (non-hydrogen) atoms. The molecule has 0 radical (unpaired) electrons. The number of nitrogens with one attached hydrogen (secondary N) is 1. The minimum atomic E-state index is -0.408. The molecule has 1 N–H and O–H groups in total. The summed E-state index contributed by atoms with van der Waals surface area (Å²) in [6.45, 7) is 2.60. The summed E-state index contributed by atoms with van der Waals surface area (Å²) in [6, 6.07) is 9.85. The summed E-state index contributed by atoms with van der Waals surface area (Å²) in [5.74, 6) is 0.451. The van der Waals surface area contributed by atoms with Crippen molar-refractivity contribution >= 4 is 52.3 Å². The lowest BCUT2D eigenvalue weighted by molar-refractivity contribution is -0.123. The summed E-state index contributed by atoms with van der Waals surface area (Å²) < 4.78 is 0. The highest BCUT2D eigenvalue weighted by Crippen LogP contribution is 2.43. The van der Waals surface area contributed by atoms with Gasteiger partial charge < -0.3 is 10.2 Å². The van der Waals surface area contributed by atoms with E-state index in [1.165, 1.54) is 11.1 Å². The summed E-state index contributed by atoms with van der Waals surface area (Å²) in [6.07, 6.45) is 4.19. The van der Waals surface area contributed by atoms with Crippen molar-refractivity contribution in [3.8, 4) is 0 Å². The zero-order valence-electron chi connectivity index (χ0n) is 17.2. The number of fused-ring (bicyclic) bond motifs is 1. The summed E-state index contributed by atoms with van der Waals surface area (Å²) in [4.78, 5) is 27.0. The fourth-order valence-corrected chi connectivity index (χ4v) is 5.41. The van der Waals surface area contributed by atoms with E-state index in [4.69, 9.17) is 34.8 Å². The monoisotopic (exact) mass is 476 g/mol. The number of anilines is 1. The lowest BCUT2D eigenvalue weighted by Crippen LogP contribution is -2.29. The second kappa shape index (κ2) is 7.68. The predicted octanol–water partition coefficient (Wildman–Crippen LogP) is 5.85. The van der Waals surface area contributed by atoms with Gasteiger partial charge in [0.25, 0.3) is 0 Å². The lowest BCUT2D eigenvalue weighted by Gasteiger charge is -2.26. The van der Waals surface area contributed by atoms with Gasteiger partial charge >= 0.3 is 0 Å². The number of benzene rings is 2. The van der Waals surface area contributed by atoms with Gasteiger partial charge in [0.1, 0.15) is 0 Å². The average Bonchev–Trinajstić information content (AvgIpc) is 3.45. The van der Waals surface area contributed by atoms with E-state index in [0.29, 0.717) is 28.0 Å². The molecule has 4 nitrogen and oxygen atoms in total. The first-order valence-electron chi connectivity index (χ1n) is 10.6. The molecule has 1 saturated carbocycles. The van der Waals surface area contributed by atoms with Crippen LogP contribution in [0.5, 0.6) is 0 Å². The van der Waals surface area contributed by atoms with Gasteiger partial charge in [0, 0.05) is 30.0 Å². The summed E-state index contributed by atoms with van der Waals surface area (Å²) in [5, 5.41) is 4.31. The van der Waals surface area contributed by atoms with E-state index < -0.39 is 5.41 Å². The van der Waals surface area contributed by atoms with Gasteiger partial charge in [-0.3, -0.25) is 9.59 Å². The van der Waals surface area contributed by atoms with Crippen LogP contribution in [0.4, 0.5) is 5.69 Å². The Kier molecular flexibility index (Phi) is 5.23. The molecule has 0 bridgehead atoms. The molecule has 5 rings (SSSR count). The third kappa shape index (κ3) is 3.83. The van der Waals surface area contributed by atoms with Crippen molar-refractivity contribution in [1.29, 1.82) is 0 Å². The largest absolute Gasteiger partial charge is 0.349 e. The third-order valence-electron chi connectivity index (χ3n) is 6.81. The number of hydrogen-bond acceptors (Lipinski definition) is 2. The first-order valence-corrected chi connectivity index (χ1v) is 11.8. The maximum atomic E-state index is 13.0. The molecule has 1 aliphatic heterocycles. The fourth-order valence-electron chi connectivity index (χ4n) is 4.81. The molecule has 2 unspecified atom stereocenters. The van der Waals surface area contributed by atoms with Crippen LogP contribution >= 0.6 is 34.8 Å². The Balaban J connectivity index is 1.38. The molecule has 1 heterocycles. The quantitative estimate of drug-likeness (QED) is 0.561. The number of halogens is 3. The fraction of sp³-hybridized carbons (Fsp3) is 0.417. The Labute approximate surface area is 196 Å². The predicted molar refractivity (Wildman–Crippen MR) is 124 cm³/mol. The van der Waals surface area contributed by atoms with Crippen molar-refractivity contribution in [1.82, 2.24) is 5.32 Å². The van der Waals surface area contributed by atoms with Crippen molar-refractivity contribution in [3.63, 3.8) is 0 Å². The smallest absolute Gasteiger partial charge is 0.227 e. The van der Waals surface area contributed by atoms with Gasteiger partial charge in [-0.25, -0.2) is 0 Å². The Morgan fingerprint density at radius 1 is 1.10 bits per heavy atom. The minimum absolute atomic E-state index is 0.0706. The van der Waals surface area contributed by atoms with Crippen molar-refractivity contribution < 1.29 is 9.59 Å². The zero-order chi connectivity index (χ0) is 21.9. The van der Waals surface area contributed by atoms with Gasteiger partial charge in [-0.15, -0.1) is 0 Å². The normalized spacial score (nSPS) is 25.1. The molecule has 1 saturated heterocycles. The van der Waals surface area contributed by atoms with Gasteiger partial charge in [0.05, 0.1) is 21.1 Å². The van der Waals surface area contributed by atoms with Crippen molar-refractivity contribution in [2.45, 2.75) is 50.5 Å². The average molecular weight is 478 g/mol. The summed E-state index contributed by atoms with van der Waals surface area (Å²) in [5.41, 5.74) is 3.77. The Morgan fingerprint density at radius 3 is 2.48 bits per heavy atom. The van der Waals surface area contributed by atoms with E-state index in [-0.39, 0.29) is 23.8 Å². The molecule has 2 atom stereocenters. The molecule has 2 fully saturated rings. The van der Waals surface area contributed by atoms with Crippen LogP contribution in [-0.2, 0) is 21.4 Å². The van der Waals surface area contributed by atoms with Gasteiger partial charge in [-0.2, -0.15) is 0 Å². The minimum Gasteiger partial charge on any atom is -0.349 e. The van der Waals surface area contributed by atoms with Crippen LogP contribution in [0.1, 0.15) is 55.3 Å². The highest BCUT2D eigenvalue weighted by molar-refractivity contribution is 6.48. The van der Waals surface area contributed by atoms with Crippen LogP contribution in [0.3, 0.4) is 0 Å². The molecule has 162 valence electrons. The van der Waals surface area contributed by atoms with E-state index in [9.17, 15) is 9.59 Å². The van der Waals surface area contributed by atoms with Gasteiger partial charge in [0.15, 0.2) is 0 Å². The second-order valence-corrected chi connectivity index (χ2v) is 10.4. The van der Waals surface area contributed by atoms with Gasteiger partial charge in [-0.05, 0) is 66.6 Å². The number of hydrogen-bond donors (Lipinski definition) is 1. The van der Waals surface area contributed by atoms with E-state index in [1.807, 2.05) is 23.1 Å². The number of carbonyl (C=O) groups is 2. The van der Waals surface area contributed by atoms with Crippen LogP contribution in [-0.4, -0.2) is 18.4 Å². The topological polar surface area (TPSA) is 49.4 Å². The summed E-state index contributed by atoms with van der Waals surface area (Å²) >= 11 is 18.6. The first-order chi connectivity index (χ1) is 14.7. The van der Waals surface area contributed by atoms with Crippen molar-refractivity contribution in [3.05, 3.63) is 62.1 Å². The first kappa shape index (κ1) is 21.1. The van der Waals surface area contributed by atoms with Crippen molar-refractivity contribution in [2.75, 3.05) is 11.4 Å². The number of carbonyl (C=O) groups excluding carboxylic acids is 2. The highest BCUT2D eigenvalue weighted by atomic mass is 35.5. The van der Waals surface area contributed by atoms with E-state index in [2.05, 4.69) is 24.4 Å². The van der Waals surface area contributed by atoms with E-state index in [0.717, 1.165) is 36.9 Å². The molecule has 0 spiro atoms. The molecule has 7 heteroatoms. The molecule has 0 aromatic heterocycles. The standard InChI is InChI=1S/C24H23Cl3N2O2/c1-24(15-9-18(25)22(27)19(26)10-15)11-21(30)29(12-24)16-5-6-17-14(8-16)4-7-20(17)28-23(31)13-2-3-13/h5-6,8-10,13,20H,2-4,7,11-12H2,1H3,(H,28,31). The van der Waals surface area contributed by atoms with E-state index >= 15 is 0 Å². The van der Waals surface area contributed by atoms with Gasteiger partial charge in [-0.1, -0.05) is 47.8 Å². The van der Waals surface area contributed by atoms with Gasteiger partial charge in [0.2, 0.25) is 11.8 Å². The van der Waals surface area contributed by atoms with Crippen LogP contribution < -0.4 is 10.2 Å². The molecular weight excluding hydrogens is 455 g/mol. The number of rotatable bonds is 4. The maximum absolute atomic E-state index is 13.0. The lowest BCUT2D eigenvalue weighted by atomic mass is 9.82. The van der Waals surface area contributed by atoms with Crippen LogP contribution in [0, 0.1) is 5.92 Å². The maximum Gasteiger partial charge on any atom is 0.227 e. The third-order valence-corrected chi connectivity index (χ3v) is 8.01. The Hall–Kier alpha value is -1.75. The molecule has 2 aromatic rings. The molecular formula is C24H23Cl3N2O2. The Bertz CT molecular complexity index is 1080. The van der Waals surface area contributed by atoms with E-state index in [1.54, 1.807) is 0 Å². The molecule has 3 aliphatic rings. The molecule has 2 aliphatic carbocycles.